The van der Waals surface area contributed by atoms with Crippen LogP contribution in [0.3, 0.4) is 0 Å². The minimum atomic E-state index is 0.895. The molecule has 5 rings (SSSR count). The van der Waals surface area contributed by atoms with E-state index in [9.17, 15) is 0 Å². The molecule has 0 radical (unpaired) electrons. The van der Waals surface area contributed by atoms with Gasteiger partial charge in [-0.25, -0.2) is 9.67 Å². The molecule has 2 unspecified atom stereocenters. The van der Waals surface area contributed by atoms with Crippen LogP contribution in [0.25, 0.3) is 16.6 Å². The lowest BCUT2D eigenvalue weighted by molar-refractivity contribution is 0.684. The van der Waals surface area contributed by atoms with Gasteiger partial charge in [-0.2, -0.15) is 5.10 Å². The lowest BCUT2D eigenvalue weighted by Gasteiger charge is -2.20. The minimum absolute atomic E-state index is 0.895. The van der Waals surface area contributed by atoms with Gasteiger partial charge in [0.15, 0.2) is 0 Å². The molecule has 4 nitrogen and oxygen atoms in total. The molecule has 0 bridgehead atoms. The Balaban J connectivity index is 1.50. The van der Waals surface area contributed by atoms with Crippen LogP contribution in [0, 0.1) is 31.6 Å². The molecule has 3 heterocycles. The first-order valence-corrected chi connectivity index (χ1v) is 8.80. The van der Waals surface area contributed by atoms with Gasteiger partial charge in [0.05, 0.1) is 23.1 Å². The number of para-hydroxylation sites is 1. The highest BCUT2D eigenvalue weighted by molar-refractivity contribution is 5.86. The molecule has 2 fully saturated rings. The third kappa shape index (κ3) is 1.92. The quantitative estimate of drug-likeness (QED) is 0.722. The summed E-state index contributed by atoms with van der Waals surface area (Å²) in [5.41, 5.74) is 4.52. The maximum absolute atomic E-state index is 4.74. The van der Waals surface area contributed by atoms with Gasteiger partial charge in [0.25, 0.3) is 0 Å². The van der Waals surface area contributed by atoms with Crippen molar-refractivity contribution in [2.75, 3.05) is 18.0 Å². The number of nitrogens with zero attached hydrogens (tertiary/aromatic N) is 4. The fourth-order valence-electron chi connectivity index (χ4n) is 4.37. The molecule has 0 amide bonds. The number of piperidine rings is 1. The first-order chi connectivity index (χ1) is 11.6. The molecule has 4 heteroatoms. The zero-order chi connectivity index (χ0) is 16.4. The molecule has 1 aliphatic heterocycles. The van der Waals surface area contributed by atoms with E-state index < -0.39 is 0 Å². The van der Waals surface area contributed by atoms with Crippen LogP contribution in [0.15, 0.2) is 36.5 Å². The van der Waals surface area contributed by atoms with Crippen LogP contribution in [0.2, 0.25) is 0 Å². The average Bonchev–Trinajstić information content (AvgIpc) is 2.96. The Bertz CT molecular complexity index is 913. The van der Waals surface area contributed by atoms with Gasteiger partial charge in [-0.3, -0.25) is 0 Å². The monoisotopic (exact) mass is 318 g/mol. The van der Waals surface area contributed by atoms with Gasteiger partial charge in [-0.15, -0.1) is 0 Å². The Kier molecular flexibility index (Phi) is 2.82. The average molecular weight is 318 g/mol. The number of pyridine rings is 1. The maximum Gasteiger partial charge on any atom is 0.128 e. The van der Waals surface area contributed by atoms with Crippen molar-refractivity contribution >= 4 is 16.7 Å². The van der Waals surface area contributed by atoms with E-state index in [-0.39, 0.29) is 0 Å². The summed E-state index contributed by atoms with van der Waals surface area (Å²) in [5, 5.41) is 5.96. The SMILES string of the molecule is Cc1nn(-c2ccc(N3CC4C(C)[C@@H]4C3)nc2)c2c(C)cccc12. The molecule has 1 saturated carbocycles. The lowest BCUT2D eigenvalue weighted by atomic mass is 10.1. The predicted molar refractivity (Wildman–Crippen MR) is 96.7 cm³/mol. The van der Waals surface area contributed by atoms with Gasteiger partial charge in [0.2, 0.25) is 0 Å². The maximum atomic E-state index is 4.74. The van der Waals surface area contributed by atoms with Gasteiger partial charge in [-0.05, 0) is 49.3 Å². The van der Waals surface area contributed by atoms with Crippen molar-refractivity contribution in [1.82, 2.24) is 14.8 Å². The predicted octanol–water partition coefficient (Wildman–Crippen LogP) is 3.74. The fourth-order valence-corrected chi connectivity index (χ4v) is 4.37. The number of rotatable bonds is 2. The molecule has 1 aromatic carbocycles. The summed E-state index contributed by atoms with van der Waals surface area (Å²) < 4.78 is 2.03. The zero-order valence-corrected chi connectivity index (χ0v) is 14.4. The summed E-state index contributed by atoms with van der Waals surface area (Å²) in [5.74, 6) is 3.81. The Morgan fingerprint density at radius 3 is 2.54 bits per heavy atom. The van der Waals surface area contributed by atoms with Gasteiger partial charge in [0, 0.05) is 18.5 Å². The molecule has 3 aromatic rings. The summed E-state index contributed by atoms with van der Waals surface area (Å²) in [6.45, 7) is 8.91. The molecule has 122 valence electrons. The van der Waals surface area contributed by atoms with Crippen LogP contribution in [0.4, 0.5) is 5.82 Å². The third-order valence-corrected chi connectivity index (χ3v) is 6.01. The van der Waals surface area contributed by atoms with E-state index in [1.807, 2.05) is 10.9 Å². The molecular formula is C20H22N4. The van der Waals surface area contributed by atoms with E-state index in [1.54, 1.807) is 0 Å². The van der Waals surface area contributed by atoms with Crippen molar-refractivity contribution in [1.29, 1.82) is 0 Å². The number of benzene rings is 1. The van der Waals surface area contributed by atoms with Crippen LogP contribution >= 0.6 is 0 Å². The zero-order valence-electron chi connectivity index (χ0n) is 14.4. The summed E-state index contributed by atoms with van der Waals surface area (Å²) in [7, 11) is 0. The molecule has 1 saturated heterocycles. The van der Waals surface area contributed by atoms with E-state index in [0.29, 0.717) is 0 Å². The lowest BCUT2D eigenvalue weighted by Crippen LogP contribution is -2.24. The highest BCUT2D eigenvalue weighted by Gasteiger charge is 2.52. The number of anilines is 1. The Hall–Kier alpha value is -2.36. The standard InChI is InChI=1S/C20H22N4/c1-12-5-4-6-16-14(3)22-24(20(12)16)15-7-8-19(21-9-15)23-10-17-13(2)18(17)11-23/h4-9,13,17-18H,10-11H2,1-3H3/t13?,17-,18?/m0/s1. The van der Waals surface area contributed by atoms with Crippen molar-refractivity contribution in [3.05, 3.63) is 47.8 Å². The van der Waals surface area contributed by atoms with E-state index in [2.05, 4.69) is 56.0 Å². The number of aryl methyl sites for hydroxylation is 2. The highest BCUT2D eigenvalue weighted by atomic mass is 15.3. The normalized spacial score (nSPS) is 25.3. The van der Waals surface area contributed by atoms with Gasteiger partial charge in [-0.1, -0.05) is 25.1 Å². The second-order valence-electron chi connectivity index (χ2n) is 7.43. The van der Waals surface area contributed by atoms with Crippen molar-refractivity contribution in [3.63, 3.8) is 0 Å². The fraction of sp³-hybridized carbons (Fsp3) is 0.400. The van der Waals surface area contributed by atoms with E-state index in [1.165, 1.54) is 29.6 Å². The summed E-state index contributed by atoms with van der Waals surface area (Å²) in [4.78, 5) is 7.16. The molecule has 3 atom stereocenters. The molecule has 1 aliphatic carbocycles. The smallest absolute Gasteiger partial charge is 0.128 e. The first kappa shape index (κ1) is 14.0. The van der Waals surface area contributed by atoms with Gasteiger partial charge >= 0.3 is 0 Å². The van der Waals surface area contributed by atoms with Crippen LogP contribution < -0.4 is 4.90 Å². The molecule has 2 aliphatic rings. The number of fused-ring (bicyclic) bond motifs is 2. The number of hydrogen-bond donors (Lipinski definition) is 0. The van der Waals surface area contributed by atoms with E-state index in [4.69, 9.17) is 10.1 Å². The van der Waals surface area contributed by atoms with Crippen LogP contribution in [0.1, 0.15) is 18.2 Å². The van der Waals surface area contributed by atoms with Gasteiger partial charge < -0.3 is 4.90 Å². The van der Waals surface area contributed by atoms with Crippen molar-refractivity contribution in [2.24, 2.45) is 17.8 Å². The van der Waals surface area contributed by atoms with E-state index >= 15 is 0 Å². The summed E-state index contributed by atoms with van der Waals surface area (Å²) >= 11 is 0. The second kappa shape index (κ2) is 4.82. The largest absolute Gasteiger partial charge is 0.356 e. The topological polar surface area (TPSA) is 34.0 Å². The first-order valence-electron chi connectivity index (χ1n) is 8.80. The van der Waals surface area contributed by atoms with Gasteiger partial charge in [0.1, 0.15) is 5.82 Å². The Labute approximate surface area is 142 Å². The number of hydrogen-bond acceptors (Lipinski definition) is 3. The van der Waals surface area contributed by atoms with Crippen molar-refractivity contribution in [3.8, 4) is 5.69 Å². The number of aromatic nitrogens is 3. The molecule has 0 N–H and O–H groups in total. The minimum Gasteiger partial charge on any atom is -0.356 e. The summed E-state index contributed by atoms with van der Waals surface area (Å²) in [6, 6.07) is 10.7. The van der Waals surface area contributed by atoms with Crippen LogP contribution in [-0.4, -0.2) is 27.9 Å². The van der Waals surface area contributed by atoms with E-state index in [0.717, 1.165) is 35.0 Å². The molecule has 0 spiro atoms. The Morgan fingerprint density at radius 1 is 1.04 bits per heavy atom. The molecular weight excluding hydrogens is 296 g/mol. The third-order valence-electron chi connectivity index (χ3n) is 6.01. The Morgan fingerprint density at radius 2 is 1.83 bits per heavy atom. The van der Waals surface area contributed by atoms with Crippen molar-refractivity contribution in [2.45, 2.75) is 20.8 Å². The highest BCUT2D eigenvalue weighted by Crippen LogP contribution is 2.51. The van der Waals surface area contributed by atoms with Crippen molar-refractivity contribution < 1.29 is 0 Å². The molecule has 2 aromatic heterocycles. The molecule has 24 heavy (non-hydrogen) atoms. The second-order valence-corrected chi connectivity index (χ2v) is 7.43. The van der Waals surface area contributed by atoms with Crippen LogP contribution in [0.5, 0.6) is 0 Å². The van der Waals surface area contributed by atoms with Crippen LogP contribution in [-0.2, 0) is 0 Å². The summed E-state index contributed by atoms with van der Waals surface area (Å²) in [6.07, 6.45) is 1.96.